The van der Waals surface area contributed by atoms with Gasteiger partial charge in [0, 0.05) is 25.8 Å². The number of rotatable bonds is 5. The van der Waals surface area contributed by atoms with Crippen molar-refractivity contribution >= 4 is 11.6 Å². The zero-order valence-corrected chi connectivity index (χ0v) is 13.9. The Kier molecular flexibility index (Phi) is 5.67. The number of anilines is 1. The van der Waals surface area contributed by atoms with E-state index in [1.54, 1.807) is 6.20 Å². The van der Waals surface area contributed by atoms with Crippen LogP contribution in [0.4, 0.5) is 5.69 Å². The molecule has 0 spiro atoms. The molecule has 2 heterocycles. The van der Waals surface area contributed by atoms with Crippen LogP contribution in [0.1, 0.15) is 61.7 Å². The molecule has 0 saturated carbocycles. The monoisotopic (exact) mass is 313 g/mol. The van der Waals surface area contributed by atoms with E-state index in [2.05, 4.69) is 21.3 Å². The molecule has 1 N–H and O–H groups in total. The molecule has 0 atom stereocenters. The van der Waals surface area contributed by atoms with Gasteiger partial charge in [0.25, 0.3) is 5.91 Å². The molecule has 124 valence electrons. The first-order chi connectivity index (χ1) is 11.3. The number of carbonyl (C=O) groups is 1. The zero-order chi connectivity index (χ0) is 15.9. The summed E-state index contributed by atoms with van der Waals surface area (Å²) in [5.41, 5.74) is 3.25. The Morgan fingerprint density at radius 2 is 2.00 bits per heavy atom. The van der Waals surface area contributed by atoms with Crippen molar-refractivity contribution in [1.29, 1.82) is 0 Å². The van der Waals surface area contributed by atoms with E-state index in [1.807, 2.05) is 12.3 Å². The summed E-state index contributed by atoms with van der Waals surface area (Å²) in [7, 11) is 0. The Morgan fingerprint density at radius 3 is 2.78 bits per heavy atom. The van der Waals surface area contributed by atoms with Gasteiger partial charge in [-0.1, -0.05) is 11.6 Å². The molecule has 1 aromatic rings. The average molecular weight is 313 g/mol. The first kappa shape index (κ1) is 16.0. The lowest BCUT2D eigenvalue weighted by Gasteiger charge is -2.28. The molecule has 1 amide bonds. The van der Waals surface area contributed by atoms with E-state index >= 15 is 0 Å². The van der Waals surface area contributed by atoms with Crippen LogP contribution in [0.25, 0.3) is 0 Å². The number of allylic oxidation sites excluding steroid dienone is 1. The maximum absolute atomic E-state index is 12.3. The third-order valence-corrected chi connectivity index (χ3v) is 4.82. The normalized spacial score (nSPS) is 18.4. The SMILES string of the molecule is O=C(NCCC1=CCCCC1)c1cncc(N2CCCCC2)c1. The summed E-state index contributed by atoms with van der Waals surface area (Å²) in [6.45, 7) is 2.86. The minimum Gasteiger partial charge on any atom is -0.370 e. The molecule has 0 radical (unpaired) electrons. The Balaban J connectivity index is 1.53. The van der Waals surface area contributed by atoms with Crippen molar-refractivity contribution in [1.82, 2.24) is 10.3 Å². The van der Waals surface area contributed by atoms with Gasteiger partial charge in [-0.2, -0.15) is 0 Å². The van der Waals surface area contributed by atoms with Crippen LogP contribution in [-0.4, -0.2) is 30.5 Å². The second-order valence-corrected chi connectivity index (χ2v) is 6.59. The number of piperidine rings is 1. The van der Waals surface area contributed by atoms with E-state index in [0.717, 1.165) is 31.7 Å². The van der Waals surface area contributed by atoms with Crippen LogP contribution in [0.2, 0.25) is 0 Å². The highest BCUT2D eigenvalue weighted by Crippen LogP contribution is 2.21. The quantitative estimate of drug-likeness (QED) is 0.843. The summed E-state index contributed by atoms with van der Waals surface area (Å²) < 4.78 is 0. The fourth-order valence-corrected chi connectivity index (χ4v) is 3.45. The predicted octanol–water partition coefficient (Wildman–Crippen LogP) is 3.69. The van der Waals surface area contributed by atoms with E-state index in [9.17, 15) is 4.79 Å². The van der Waals surface area contributed by atoms with Gasteiger partial charge in [-0.25, -0.2) is 0 Å². The Labute approximate surface area is 139 Å². The number of carbonyl (C=O) groups excluding carboxylic acids is 1. The number of aromatic nitrogens is 1. The maximum atomic E-state index is 12.3. The lowest BCUT2D eigenvalue weighted by atomic mass is 9.97. The number of hydrogen-bond donors (Lipinski definition) is 1. The van der Waals surface area contributed by atoms with Gasteiger partial charge in [0.15, 0.2) is 0 Å². The highest BCUT2D eigenvalue weighted by molar-refractivity contribution is 5.94. The van der Waals surface area contributed by atoms with Crippen molar-refractivity contribution in [3.63, 3.8) is 0 Å². The lowest BCUT2D eigenvalue weighted by Crippen LogP contribution is -2.30. The van der Waals surface area contributed by atoms with Crippen molar-refractivity contribution in [2.75, 3.05) is 24.5 Å². The van der Waals surface area contributed by atoms with Crippen LogP contribution < -0.4 is 10.2 Å². The van der Waals surface area contributed by atoms with Gasteiger partial charge in [-0.15, -0.1) is 0 Å². The van der Waals surface area contributed by atoms with Crippen LogP contribution in [-0.2, 0) is 0 Å². The summed E-state index contributed by atoms with van der Waals surface area (Å²) in [4.78, 5) is 18.9. The standard InChI is InChI=1S/C19H27N3O/c23-19(21-10-9-16-7-3-1-4-8-16)17-13-18(15-20-14-17)22-11-5-2-6-12-22/h7,13-15H,1-6,8-12H2,(H,21,23). The van der Waals surface area contributed by atoms with Gasteiger partial charge in [-0.3, -0.25) is 9.78 Å². The Morgan fingerprint density at radius 1 is 1.13 bits per heavy atom. The van der Waals surface area contributed by atoms with Gasteiger partial charge < -0.3 is 10.2 Å². The van der Waals surface area contributed by atoms with Crippen molar-refractivity contribution < 1.29 is 4.79 Å². The molecule has 0 bridgehead atoms. The summed E-state index contributed by atoms with van der Waals surface area (Å²) in [6.07, 6.45) is 15.6. The molecule has 0 unspecified atom stereocenters. The molecule has 4 nitrogen and oxygen atoms in total. The van der Waals surface area contributed by atoms with Crippen LogP contribution in [0, 0.1) is 0 Å². The Hall–Kier alpha value is -1.84. The molecular weight excluding hydrogens is 286 g/mol. The summed E-state index contributed by atoms with van der Waals surface area (Å²) >= 11 is 0. The minimum atomic E-state index is -0.00670. The first-order valence-corrected chi connectivity index (χ1v) is 8.99. The topological polar surface area (TPSA) is 45.2 Å². The Bertz CT molecular complexity index is 561. The number of nitrogens with one attached hydrogen (secondary N) is 1. The van der Waals surface area contributed by atoms with Crippen LogP contribution in [0.3, 0.4) is 0 Å². The summed E-state index contributed by atoms with van der Waals surface area (Å²) in [6, 6.07) is 1.98. The van der Waals surface area contributed by atoms with E-state index in [4.69, 9.17) is 0 Å². The molecule has 1 aliphatic heterocycles. The molecular formula is C19H27N3O. The highest BCUT2D eigenvalue weighted by Gasteiger charge is 2.14. The second kappa shape index (κ2) is 8.14. The molecule has 4 heteroatoms. The predicted molar refractivity (Wildman–Crippen MR) is 93.8 cm³/mol. The lowest BCUT2D eigenvalue weighted by molar-refractivity contribution is 0.0953. The molecule has 23 heavy (non-hydrogen) atoms. The fourth-order valence-electron chi connectivity index (χ4n) is 3.45. The highest BCUT2D eigenvalue weighted by atomic mass is 16.1. The first-order valence-electron chi connectivity index (χ1n) is 8.99. The van der Waals surface area contributed by atoms with Crippen molar-refractivity contribution in [3.8, 4) is 0 Å². The van der Waals surface area contributed by atoms with E-state index in [-0.39, 0.29) is 5.91 Å². The van der Waals surface area contributed by atoms with Crippen LogP contribution in [0.15, 0.2) is 30.1 Å². The number of hydrogen-bond acceptors (Lipinski definition) is 3. The second-order valence-electron chi connectivity index (χ2n) is 6.59. The van der Waals surface area contributed by atoms with Gasteiger partial charge >= 0.3 is 0 Å². The zero-order valence-electron chi connectivity index (χ0n) is 13.9. The number of amides is 1. The van der Waals surface area contributed by atoms with Crippen LogP contribution >= 0.6 is 0 Å². The third-order valence-electron chi connectivity index (χ3n) is 4.82. The fraction of sp³-hybridized carbons (Fsp3) is 0.579. The molecule has 1 saturated heterocycles. The molecule has 1 fully saturated rings. The smallest absolute Gasteiger partial charge is 0.252 e. The van der Waals surface area contributed by atoms with Gasteiger partial charge in [-0.05, 0) is 57.4 Å². The molecule has 1 aromatic heterocycles. The van der Waals surface area contributed by atoms with Gasteiger partial charge in [0.1, 0.15) is 0 Å². The van der Waals surface area contributed by atoms with E-state index < -0.39 is 0 Å². The summed E-state index contributed by atoms with van der Waals surface area (Å²) in [5, 5.41) is 3.04. The third kappa shape index (κ3) is 4.57. The number of nitrogens with zero attached hydrogens (tertiary/aromatic N) is 2. The number of pyridine rings is 1. The molecule has 0 aromatic carbocycles. The summed E-state index contributed by atoms with van der Waals surface area (Å²) in [5.74, 6) is -0.00670. The average Bonchev–Trinajstić information content (AvgIpc) is 2.63. The minimum absolute atomic E-state index is 0.00670. The molecule has 1 aliphatic carbocycles. The van der Waals surface area contributed by atoms with Crippen molar-refractivity contribution in [2.24, 2.45) is 0 Å². The van der Waals surface area contributed by atoms with Crippen molar-refractivity contribution in [3.05, 3.63) is 35.7 Å². The van der Waals surface area contributed by atoms with Crippen LogP contribution in [0.5, 0.6) is 0 Å². The molecule has 2 aliphatic rings. The van der Waals surface area contributed by atoms with Gasteiger partial charge in [0.05, 0.1) is 17.4 Å². The van der Waals surface area contributed by atoms with E-state index in [0.29, 0.717) is 5.56 Å². The van der Waals surface area contributed by atoms with Gasteiger partial charge in [0.2, 0.25) is 0 Å². The maximum Gasteiger partial charge on any atom is 0.252 e. The largest absolute Gasteiger partial charge is 0.370 e. The van der Waals surface area contributed by atoms with Crippen molar-refractivity contribution in [2.45, 2.75) is 51.4 Å². The van der Waals surface area contributed by atoms with E-state index in [1.165, 1.54) is 50.5 Å². The molecule has 3 rings (SSSR count).